The van der Waals surface area contributed by atoms with Gasteiger partial charge in [-0.3, -0.25) is 0 Å². The lowest BCUT2D eigenvalue weighted by atomic mass is 9.79. The van der Waals surface area contributed by atoms with Crippen LogP contribution >= 0.6 is 0 Å². The van der Waals surface area contributed by atoms with Crippen molar-refractivity contribution in [2.45, 2.75) is 77.0 Å². The van der Waals surface area contributed by atoms with Gasteiger partial charge in [0.15, 0.2) is 5.82 Å². The molecule has 150 valence electrons. The van der Waals surface area contributed by atoms with Crippen molar-refractivity contribution in [1.82, 2.24) is 14.9 Å². The Hall–Kier alpha value is -2.25. The molecule has 1 aliphatic carbocycles. The van der Waals surface area contributed by atoms with Gasteiger partial charge in [-0.15, -0.1) is 0 Å². The maximum atomic E-state index is 12.2. The highest BCUT2D eigenvalue weighted by Crippen LogP contribution is 2.34. The van der Waals surface area contributed by atoms with Gasteiger partial charge in [0.2, 0.25) is 5.95 Å². The molecule has 8 nitrogen and oxygen atoms in total. The lowest BCUT2D eigenvalue weighted by molar-refractivity contribution is 0.0210. The number of carbonyl (C=O) groups excluding carboxylic acids is 1. The quantitative estimate of drug-likeness (QED) is 0.741. The first-order chi connectivity index (χ1) is 12.6. The summed E-state index contributed by atoms with van der Waals surface area (Å²) in [5.41, 5.74) is 6.22. The highest BCUT2D eigenvalue weighted by Gasteiger charge is 2.32. The van der Waals surface area contributed by atoms with Crippen LogP contribution in [0, 0.1) is 0 Å². The van der Waals surface area contributed by atoms with Crippen LogP contribution in [0.3, 0.4) is 0 Å². The smallest absolute Gasteiger partial charge is 0.410 e. The molecule has 4 N–H and O–H groups in total. The van der Waals surface area contributed by atoms with Crippen LogP contribution in [0.5, 0.6) is 0 Å². The molecule has 2 aliphatic rings. The van der Waals surface area contributed by atoms with Crippen molar-refractivity contribution in [3.8, 4) is 0 Å². The monoisotopic (exact) mass is 376 g/mol. The maximum absolute atomic E-state index is 12.2. The Kier molecular flexibility index (Phi) is 5.35. The van der Waals surface area contributed by atoms with Crippen molar-refractivity contribution in [1.29, 1.82) is 0 Å². The summed E-state index contributed by atoms with van der Waals surface area (Å²) >= 11 is 0. The third-order valence-corrected chi connectivity index (χ3v) is 5.18. The molecule has 0 unspecified atom stereocenters. The van der Waals surface area contributed by atoms with E-state index in [1.54, 1.807) is 11.1 Å². The SMILES string of the molecule is CC1(Nc2ncc(N)c(NC3CCN(C(=O)OC(C)(C)C)CC3)n2)CCC1. The zero-order valence-electron chi connectivity index (χ0n) is 16.8. The minimum atomic E-state index is -0.470. The fraction of sp³-hybridized carbons (Fsp3) is 0.737. The van der Waals surface area contributed by atoms with E-state index in [2.05, 4.69) is 27.5 Å². The van der Waals surface area contributed by atoms with Gasteiger partial charge < -0.3 is 26.0 Å². The molecule has 0 aromatic carbocycles. The van der Waals surface area contributed by atoms with Gasteiger partial charge in [-0.2, -0.15) is 4.98 Å². The number of ether oxygens (including phenoxy) is 1. The molecule has 3 rings (SSSR count). The number of nitrogens with two attached hydrogens (primary N) is 1. The van der Waals surface area contributed by atoms with Crippen molar-refractivity contribution in [3.63, 3.8) is 0 Å². The van der Waals surface area contributed by atoms with Gasteiger partial charge in [-0.05, 0) is 59.8 Å². The van der Waals surface area contributed by atoms with E-state index in [0.717, 1.165) is 25.7 Å². The summed E-state index contributed by atoms with van der Waals surface area (Å²) in [7, 11) is 0. The van der Waals surface area contributed by atoms with Gasteiger partial charge in [0.25, 0.3) is 0 Å². The van der Waals surface area contributed by atoms with Crippen LogP contribution < -0.4 is 16.4 Å². The fourth-order valence-corrected chi connectivity index (χ4v) is 3.40. The highest BCUT2D eigenvalue weighted by molar-refractivity contribution is 5.68. The van der Waals surface area contributed by atoms with Crippen molar-refractivity contribution < 1.29 is 9.53 Å². The van der Waals surface area contributed by atoms with E-state index < -0.39 is 5.60 Å². The molecule has 0 bridgehead atoms. The molecule has 1 aromatic rings. The molecule has 0 radical (unpaired) electrons. The van der Waals surface area contributed by atoms with Crippen molar-refractivity contribution >= 4 is 23.5 Å². The second kappa shape index (κ2) is 7.40. The number of likely N-dealkylation sites (tertiary alicyclic amines) is 1. The molecule has 2 fully saturated rings. The molecule has 1 aromatic heterocycles. The molecule has 1 saturated heterocycles. The Labute approximate surface area is 161 Å². The van der Waals surface area contributed by atoms with Gasteiger partial charge in [0.1, 0.15) is 5.60 Å². The first-order valence-corrected chi connectivity index (χ1v) is 9.79. The van der Waals surface area contributed by atoms with Crippen LogP contribution in [0.25, 0.3) is 0 Å². The molecule has 1 amide bonds. The number of rotatable bonds is 4. The van der Waals surface area contributed by atoms with Crippen LogP contribution in [0.1, 0.15) is 59.8 Å². The van der Waals surface area contributed by atoms with Crippen LogP contribution in [0.4, 0.5) is 22.2 Å². The summed E-state index contributed by atoms with van der Waals surface area (Å²) in [6, 6.07) is 0.216. The largest absolute Gasteiger partial charge is 0.444 e. The van der Waals surface area contributed by atoms with Gasteiger partial charge in [0.05, 0.1) is 11.9 Å². The minimum absolute atomic E-state index is 0.0894. The first kappa shape index (κ1) is 19.5. The summed E-state index contributed by atoms with van der Waals surface area (Å²) in [6.07, 6.45) is 6.55. The zero-order chi connectivity index (χ0) is 19.7. The molecule has 2 heterocycles. The average molecular weight is 377 g/mol. The second-order valence-electron chi connectivity index (χ2n) is 8.92. The number of hydrogen-bond acceptors (Lipinski definition) is 7. The van der Waals surface area contributed by atoms with E-state index in [9.17, 15) is 4.79 Å². The van der Waals surface area contributed by atoms with Gasteiger partial charge in [0, 0.05) is 24.7 Å². The highest BCUT2D eigenvalue weighted by atomic mass is 16.6. The van der Waals surface area contributed by atoms with E-state index in [-0.39, 0.29) is 17.7 Å². The number of nitrogens with zero attached hydrogens (tertiary/aromatic N) is 3. The zero-order valence-corrected chi connectivity index (χ0v) is 16.8. The van der Waals surface area contributed by atoms with E-state index in [1.165, 1.54) is 6.42 Å². The lowest BCUT2D eigenvalue weighted by Gasteiger charge is -2.39. The Bertz CT molecular complexity index is 675. The molecule has 1 aliphatic heterocycles. The van der Waals surface area contributed by atoms with E-state index in [0.29, 0.717) is 30.5 Å². The molecule has 0 atom stereocenters. The standard InChI is InChI=1S/C19H32N6O2/c1-18(2,3)27-17(26)25-10-6-13(7-11-25)22-15-14(20)12-21-16(23-15)24-19(4)8-5-9-19/h12-13H,5-11,20H2,1-4H3,(H2,21,22,23,24). The molecule has 8 heteroatoms. The Morgan fingerprint density at radius 3 is 2.56 bits per heavy atom. The van der Waals surface area contributed by atoms with Gasteiger partial charge >= 0.3 is 6.09 Å². The summed E-state index contributed by atoms with van der Waals surface area (Å²) in [5.74, 6) is 1.27. The number of anilines is 3. The number of aromatic nitrogens is 2. The summed E-state index contributed by atoms with van der Waals surface area (Å²) in [5, 5.41) is 6.84. The van der Waals surface area contributed by atoms with Crippen molar-refractivity contribution in [2.75, 3.05) is 29.5 Å². The fourth-order valence-electron chi connectivity index (χ4n) is 3.40. The van der Waals surface area contributed by atoms with E-state index >= 15 is 0 Å². The molecular formula is C19H32N6O2. The lowest BCUT2D eigenvalue weighted by Crippen LogP contribution is -2.44. The predicted molar refractivity (Wildman–Crippen MR) is 107 cm³/mol. The number of hydrogen-bond donors (Lipinski definition) is 3. The van der Waals surface area contributed by atoms with Crippen LogP contribution in [0.2, 0.25) is 0 Å². The van der Waals surface area contributed by atoms with Crippen LogP contribution in [-0.4, -0.2) is 51.2 Å². The first-order valence-electron chi connectivity index (χ1n) is 9.79. The number of nitrogen functional groups attached to an aromatic ring is 1. The summed E-state index contributed by atoms with van der Waals surface area (Å²) in [6.45, 7) is 9.14. The molecule has 27 heavy (non-hydrogen) atoms. The number of carbonyl (C=O) groups is 1. The minimum Gasteiger partial charge on any atom is -0.444 e. The van der Waals surface area contributed by atoms with Crippen LogP contribution in [-0.2, 0) is 4.74 Å². The number of piperidine rings is 1. The Balaban J connectivity index is 1.55. The van der Waals surface area contributed by atoms with Crippen molar-refractivity contribution in [3.05, 3.63) is 6.20 Å². The number of nitrogens with one attached hydrogen (secondary N) is 2. The summed E-state index contributed by atoms with van der Waals surface area (Å²) in [4.78, 5) is 22.8. The van der Waals surface area contributed by atoms with Gasteiger partial charge in [-0.1, -0.05) is 0 Å². The van der Waals surface area contributed by atoms with Gasteiger partial charge in [-0.25, -0.2) is 9.78 Å². The maximum Gasteiger partial charge on any atom is 0.410 e. The normalized spacial score (nSPS) is 19.9. The number of amides is 1. The third-order valence-electron chi connectivity index (χ3n) is 5.18. The summed E-state index contributed by atoms with van der Waals surface area (Å²) < 4.78 is 5.45. The molecule has 1 saturated carbocycles. The predicted octanol–water partition coefficient (Wildman–Crippen LogP) is 3.22. The topological polar surface area (TPSA) is 105 Å². The van der Waals surface area contributed by atoms with Crippen molar-refractivity contribution in [2.24, 2.45) is 0 Å². The van der Waals surface area contributed by atoms with Crippen LogP contribution in [0.15, 0.2) is 6.20 Å². The Morgan fingerprint density at radius 1 is 1.33 bits per heavy atom. The second-order valence-corrected chi connectivity index (χ2v) is 8.92. The van der Waals surface area contributed by atoms with E-state index in [1.807, 2.05) is 20.8 Å². The third kappa shape index (κ3) is 5.14. The average Bonchev–Trinajstić information content (AvgIpc) is 2.55. The van der Waals surface area contributed by atoms with E-state index in [4.69, 9.17) is 10.5 Å². The molecule has 0 spiro atoms. The molecular weight excluding hydrogens is 344 g/mol. The Morgan fingerprint density at radius 2 is 2.00 bits per heavy atom.